The highest BCUT2D eigenvalue weighted by Crippen LogP contribution is 1.93. The van der Waals surface area contributed by atoms with Gasteiger partial charge in [0.15, 0.2) is 0 Å². The summed E-state index contributed by atoms with van der Waals surface area (Å²) in [6.07, 6.45) is 0.386. The lowest BCUT2D eigenvalue weighted by atomic mass is 10.2. The zero-order chi connectivity index (χ0) is 17.1. The van der Waals surface area contributed by atoms with E-state index in [0.717, 1.165) is 20.8 Å². The summed E-state index contributed by atoms with van der Waals surface area (Å²) in [7, 11) is 0. The highest BCUT2D eigenvalue weighted by atomic mass is 16.4. The first kappa shape index (κ1) is 26.8. The van der Waals surface area contributed by atoms with E-state index in [-0.39, 0.29) is 13.2 Å². The normalized spacial score (nSPS) is 9.30. The van der Waals surface area contributed by atoms with Crippen molar-refractivity contribution in [3.63, 3.8) is 0 Å². The minimum atomic E-state index is -0.833. The molecule has 0 heterocycles. The molecule has 0 fully saturated rings. The van der Waals surface area contributed by atoms with Gasteiger partial charge in [0.1, 0.15) is 0 Å². The molecule has 20 heavy (non-hydrogen) atoms. The number of hydrogen-bond acceptors (Lipinski definition) is 6. The molecule has 0 bridgehead atoms. The molecular weight excluding hydrogens is 276 g/mol. The van der Waals surface area contributed by atoms with Crippen LogP contribution in [0.4, 0.5) is 0 Å². The Labute approximate surface area is 117 Å². The average molecular weight is 300 g/mol. The molecule has 0 rings (SSSR count). The van der Waals surface area contributed by atoms with Gasteiger partial charge in [-0.3, -0.25) is 14.4 Å². The van der Waals surface area contributed by atoms with E-state index in [2.05, 4.69) is 0 Å². The van der Waals surface area contributed by atoms with E-state index in [0.29, 0.717) is 12.8 Å². The topological polar surface area (TPSA) is 173 Å². The van der Waals surface area contributed by atoms with Crippen molar-refractivity contribution in [1.29, 1.82) is 0 Å². The number of aliphatic carboxylic acids is 3. The molecule has 0 aromatic carbocycles. The van der Waals surface area contributed by atoms with Crippen molar-refractivity contribution in [2.45, 2.75) is 39.7 Å². The van der Waals surface area contributed by atoms with Crippen molar-refractivity contribution in [2.75, 3.05) is 13.2 Å². The maximum atomic E-state index is 9.00. The maximum absolute atomic E-state index is 9.00. The third-order valence-corrected chi connectivity index (χ3v) is 0.906. The summed E-state index contributed by atoms with van der Waals surface area (Å²) in [6, 6.07) is 0. The molecule has 0 aliphatic rings. The molecule has 1 atom stereocenters. The van der Waals surface area contributed by atoms with Crippen LogP contribution in [0.5, 0.6) is 0 Å². The number of carboxylic acids is 3. The van der Waals surface area contributed by atoms with Crippen LogP contribution in [0.25, 0.3) is 0 Å². The number of rotatable bonds is 4. The van der Waals surface area contributed by atoms with Gasteiger partial charge in [-0.25, -0.2) is 0 Å². The Hall–Kier alpha value is -1.71. The molecule has 0 amide bonds. The third-order valence-electron chi connectivity index (χ3n) is 0.906. The molecule has 0 aliphatic carbocycles. The summed E-state index contributed by atoms with van der Waals surface area (Å²) < 4.78 is 0. The Morgan fingerprint density at radius 1 is 0.850 bits per heavy atom. The summed E-state index contributed by atoms with van der Waals surface area (Å²) in [5.74, 6) is -2.50. The van der Waals surface area contributed by atoms with Gasteiger partial charge in [-0.2, -0.15) is 0 Å². The second-order valence-electron chi connectivity index (χ2n) is 3.26. The SMILES string of the molecule is CC(=O)O.CC(=O)O.CC(=O)O.OCCCC(O)CO. The van der Waals surface area contributed by atoms with Crippen molar-refractivity contribution >= 4 is 17.9 Å². The second kappa shape index (κ2) is 22.5. The minimum Gasteiger partial charge on any atom is -0.481 e. The van der Waals surface area contributed by atoms with Gasteiger partial charge in [0, 0.05) is 27.4 Å². The van der Waals surface area contributed by atoms with Crippen LogP contribution in [-0.4, -0.2) is 67.9 Å². The molecule has 9 nitrogen and oxygen atoms in total. The Bertz CT molecular complexity index is 200. The van der Waals surface area contributed by atoms with Crippen molar-refractivity contribution in [3.05, 3.63) is 0 Å². The Morgan fingerprint density at radius 2 is 1.10 bits per heavy atom. The van der Waals surface area contributed by atoms with Crippen LogP contribution < -0.4 is 0 Å². The van der Waals surface area contributed by atoms with Crippen LogP contribution in [0.2, 0.25) is 0 Å². The predicted octanol–water partition coefficient (Wildman–Crippen LogP) is -0.615. The Kier molecular flexibility index (Phi) is 30.1. The van der Waals surface area contributed by atoms with Gasteiger partial charge in [0.25, 0.3) is 17.9 Å². The van der Waals surface area contributed by atoms with Gasteiger partial charge >= 0.3 is 0 Å². The first-order valence-corrected chi connectivity index (χ1v) is 5.49. The molecular formula is C11H24O9. The van der Waals surface area contributed by atoms with Crippen LogP contribution in [0.3, 0.4) is 0 Å². The van der Waals surface area contributed by atoms with Crippen LogP contribution in [-0.2, 0) is 14.4 Å². The lowest BCUT2D eigenvalue weighted by molar-refractivity contribution is -0.135. The zero-order valence-corrected chi connectivity index (χ0v) is 11.8. The van der Waals surface area contributed by atoms with E-state index in [1.54, 1.807) is 0 Å². The van der Waals surface area contributed by atoms with E-state index in [9.17, 15) is 0 Å². The highest BCUT2D eigenvalue weighted by Gasteiger charge is 1.98. The first-order chi connectivity index (χ1) is 9.00. The van der Waals surface area contributed by atoms with Crippen LogP contribution >= 0.6 is 0 Å². The molecule has 0 aromatic rings. The number of carbonyl (C=O) groups is 3. The van der Waals surface area contributed by atoms with E-state index >= 15 is 0 Å². The highest BCUT2D eigenvalue weighted by molar-refractivity contribution is 5.63. The number of carboxylic acid groups (broad SMARTS) is 3. The van der Waals surface area contributed by atoms with Crippen molar-refractivity contribution < 1.29 is 45.0 Å². The van der Waals surface area contributed by atoms with Gasteiger partial charge in [-0.05, 0) is 12.8 Å². The first-order valence-electron chi connectivity index (χ1n) is 5.49. The largest absolute Gasteiger partial charge is 0.481 e. The quantitative estimate of drug-likeness (QED) is 0.395. The monoisotopic (exact) mass is 300 g/mol. The van der Waals surface area contributed by atoms with Gasteiger partial charge in [0.2, 0.25) is 0 Å². The molecule has 1 unspecified atom stereocenters. The van der Waals surface area contributed by atoms with E-state index < -0.39 is 24.0 Å². The van der Waals surface area contributed by atoms with Crippen molar-refractivity contribution in [3.8, 4) is 0 Å². The smallest absolute Gasteiger partial charge is 0.300 e. The van der Waals surface area contributed by atoms with E-state index in [1.165, 1.54) is 0 Å². The summed E-state index contributed by atoms with van der Waals surface area (Å²) in [6.45, 7) is 3.12. The summed E-state index contributed by atoms with van der Waals surface area (Å²) >= 11 is 0. The van der Waals surface area contributed by atoms with Gasteiger partial charge in [-0.15, -0.1) is 0 Å². The van der Waals surface area contributed by atoms with E-state index in [1.807, 2.05) is 0 Å². The summed E-state index contributed by atoms with van der Waals surface area (Å²) in [4.78, 5) is 27.0. The molecule has 0 radical (unpaired) electrons. The van der Waals surface area contributed by atoms with Crippen molar-refractivity contribution in [2.24, 2.45) is 0 Å². The van der Waals surface area contributed by atoms with Crippen molar-refractivity contribution in [1.82, 2.24) is 0 Å². The van der Waals surface area contributed by atoms with Crippen LogP contribution in [0, 0.1) is 0 Å². The van der Waals surface area contributed by atoms with Gasteiger partial charge in [0.05, 0.1) is 12.7 Å². The fourth-order valence-corrected chi connectivity index (χ4v) is 0.418. The fraction of sp³-hybridized carbons (Fsp3) is 0.727. The van der Waals surface area contributed by atoms with Gasteiger partial charge in [-0.1, -0.05) is 0 Å². The summed E-state index contributed by atoms with van der Waals surface area (Å²) in [5.41, 5.74) is 0. The molecule has 0 spiro atoms. The number of hydrogen-bond donors (Lipinski definition) is 6. The van der Waals surface area contributed by atoms with Crippen LogP contribution in [0.15, 0.2) is 0 Å². The lowest BCUT2D eigenvalue weighted by Gasteiger charge is -2.02. The molecule has 6 N–H and O–H groups in total. The molecule has 0 aliphatic heterocycles. The maximum Gasteiger partial charge on any atom is 0.300 e. The minimum absolute atomic E-state index is 0.0804. The Balaban J connectivity index is -0.0000000917. The molecule has 122 valence electrons. The lowest BCUT2D eigenvalue weighted by Crippen LogP contribution is -2.11. The molecule has 9 heteroatoms. The second-order valence-corrected chi connectivity index (χ2v) is 3.26. The van der Waals surface area contributed by atoms with Gasteiger partial charge < -0.3 is 30.6 Å². The average Bonchev–Trinajstić information content (AvgIpc) is 2.23. The molecule has 0 saturated heterocycles. The number of aliphatic hydroxyl groups excluding tert-OH is 3. The molecule has 0 saturated carbocycles. The standard InChI is InChI=1S/C5H12O3.3C2H4O2/c6-3-1-2-5(8)4-7;3*1-2(3)4/h5-8H,1-4H2;3*1H3,(H,3,4). The van der Waals surface area contributed by atoms with Crippen LogP contribution in [0.1, 0.15) is 33.6 Å². The number of aliphatic hydroxyl groups is 3. The summed E-state index contributed by atoms with van der Waals surface area (Å²) in [5, 5.41) is 47.3. The Morgan fingerprint density at radius 3 is 1.25 bits per heavy atom. The zero-order valence-electron chi connectivity index (χ0n) is 11.8. The van der Waals surface area contributed by atoms with E-state index in [4.69, 9.17) is 45.0 Å². The third kappa shape index (κ3) is 207. The molecule has 0 aromatic heterocycles. The predicted molar refractivity (Wildman–Crippen MR) is 69.3 cm³/mol. The fourth-order valence-electron chi connectivity index (χ4n) is 0.418.